The third kappa shape index (κ3) is 2.82. The molecule has 2 rings (SSSR count). The van der Waals surface area contributed by atoms with Crippen LogP contribution in [0.4, 0.5) is 5.69 Å². The summed E-state index contributed by atoms with van der Waals surface area (Å²) in [5.74, 6) is 0.649. The second kappa shape index (κ2) is 5.40. The van der Waals surface area contributed by atoms with Gasteiger partial charge in [0.1, 0.15) is 0 Å². The third-order valence-electron chi connectivity index (χ3n) is 3.55. The average molecular weight is 248 g/mol. The number of benzene rings is 1. The number of hydrogen-bond donors (Lipinski definition) is 2. The summed E-state index contributed by atoms with van der Waals surface area (Å²) in [5.41, 5.74) is 7.52. The fourth-order valence-electron chi connectivity index (χ4n) is 2.22. The van der Waals surface area contributed by atoms with E-state index in [4.69, 9.17) is 10.8 Å². The molecular weight excluding hydrogens is 228 g/mol. The summed E-state index contributed by atoms with van der Waals surface area (Å²) in [6.07, 6.45) is 0.516. The molecule has 1 aromatic carbocycles. The minimum atomic E-state index is 0.170. The Hall–Kier alpha value is -1.55. The van der Waals surface area contributed by atoms with Crippen LogP contribution >= 0.6 is 0 Å². The monoisotopic (exact) mass is 248 g/mol. The molecule has 1 unspecified atom stereocenters. The minimum Gasteiger partial charge on any atom is -0.399 e. The first-order chi connectivity index (χ1) is 8.60. The van der Waals surface area contributed by atoms with E-state index < -0.39 is 0 Å². The highest BCUT2D eigenvalue weighted by atomic mass is 16.3. The van der Waals surface area contributed by atoms with Crippen LogP contribution in [0, 0.1) is 5.92 Å². The number of aliphatic hydroxyl groups is 1. The van der Waals surface area contributed by atoms with Gasteiger partial charge < -0.3 is 15.7 Å². The predicted molar refractivity (Wildman–Crippen MR) is 71.0 cm³/mol. The van der Waals surface area contributed by atoms with Crippen LogP contribution in [-0.2, 0) is 4.79 Å². The second-order valence-corrected chi connectivity index (χ2v) is 5.12. The Morgan fingerprint density at radius 2 is 2.06 bits per heavy atom. The van der Waals surface area contributed by atoms with Crippen LogP contribution in [0.2, 0.25) is 0 Å². The molecular formula is C14H20N2O2. The Bertz CT molecular complexity index is 410. The van der Waals surface area contributed by atoms with Gasteiger partial charge in [-0.2, -0.15) is 0 Å². The normalized spacial score (nSPS) is 17.3. The molecule has 0 aromatic heterocycles. The molecule has 4 heteroatoms. The van der Waals surface area contributed by atoms with Gasteiger partial charge in [-0.1, -0.05) is 19.1 Å². The van der Waals surface area contributed by atoms with E-state index in [-0.39, 0.29) is 24.3 Å². The highest BCUT2D eigenvalue weighted by Crippen LogP contribution is 2.23. The number of aliphatic hydroxyl groups excluding tert-OH is 1. The fourth-order valence-corrected chi connectivity index (χ4v) is 2.22. The van der Waals surface area contributed by atoms with Gasteiger partial charge in [-0.05, 0) is 23.6 Å². The van der Waals surface area contributed by atoms with Crippen LogP contribution in [0.5, 0.6) is 0 Å². The van der Waals surface area contributed by atoms with E-state index in [0.29, 0.717) is 19.5 Å². The molecule has 0 radical (unpaired) electrons. The van der Waals surface area contributed by atoms with Gasteiger partial charge >= 0.3 is 0 Å². The summed E-state index contributed by atoms with van der Waals surface area (Å²) in [7, 11) is 0. The fraction of sp³-hybridized carbons (Fsp3) is 0.500. The Morgan fingerprint density at radius 3 is 2.61 bits per heavy atom. The molecule has 1 aliphatic heterocycles. The van der Waals surface area contributed by atoms with E-state index in [1.165, 1.54) is 0 Å². The zero-order chi connectivity index (χ0) is 13.1. The first-order valence-electron chi connectivity index (χ1n) is 6.34. The number of carbonyl (C=O) groups is 1. The van der Waals surface area contributed by atoms with Crippen LogP contribution < -0.4 is 5.73 Å². The van der Waals surface area contributed by atoms with Crippen molar-refractivity contribution in [3.63, 3.8) is 0 Å². The van der Waals surface area contributed by atoms with Gasteiger partial charge in [-0.3, -0.25) is 4.79 Å². The average Bonchev–Trinajstić information content (AvgIpc) is 2.28. The van der Waals surface area contributed by atoms with Gasteiger partial charge in [0.05, 0.1) is 0 Å². The number of hydrogen-bond acceptors (Lipinski definition) is 3. The van der Waals surface area contributed by atoms with Crippen molar-refractivity contribution in [3.8, 4) is 0 Å². The number of nitrogens with zero attached hydrogens (tertiary/aromatic N) is 1. The van der Waals surface area contributed by atoms with Gasteiger partial charge in [0.25, 0.3) is 0 Å². The summed E-state index contributed by atoms with van der Waals surface area (Å²) in [6.45, 7) is 3.62. The summed E-state index contributed by atoms with van der Waals surface area (Å²) in [4.78, 5) is 13.8. The maximum atomic E-state index is 12.0. The molecule has 1 saturated heterocycles. The zero-order valence-electron chi connectivity index (χ0n) is 10.7. The van der Waals surface area contributed by atoms with Gasteiger partial charge in [0.2, 0.25) is 5.91 Å². The van der Waals surface area contributed by atoms with E-state index in [1.54, 1.807) is 0 Å². The largest absolute Gasteiger partial charge is 0.399 e. The summed E-state index contributed by atoms with van der Waals surface area (Å²) in [6, 6.07) is 7.67. The van der Waals surface area contributed by atoms with Gasteiger partial charge in [-0.25, -0.2) is 0 Å². The van der Waals surface area contributed by atoms with Crippen molar-refractivity contribution in [1.29, 1.82) is 0 Å². The standard InChI is InChI=1S/C14H20N2O2/c1-10(12-2-4-13(15)5-3-12)6-14(18)16-7-11(8-16)9-17/h2-5,10-11,17H,6-9,15H2,1H3. The number of likely N-dealkylation sites (tertiary alicyclic amines) is 1. The summed E-state index contributed by atoms with van der Waals surface area (Å²) < 4.78 is 0. The molecule has 0 saturated carbocycles. The van der Waals surface area contributed by atoms with Crippen molar-refractivity contribution in [1.82, 2.24) is 4.90 Å². The van der Waals surface area contributed by atoms with Crippen LogP contribution in [0.25, 0.3) is 0 Å². The van der Waals surface area contributed by atoms with E-state index in [0.717, 1.165) is 11.3 Å². The Labute approximate surface area is 107 Å². The first-order valence-corrected chi connectivity index (χ1v) is 6.34. The van der Waals surface area contributed by atoms with Crippen molar-refractivity contribution in [2.45, 2.75) is 19.3 Å². The molecule has 1 aromatic rings. The van der Waals surface area contributed by atoms with Crippen molar-refractivity contribution in [2.24, 2.45) is 5.92 Å². The molecule has 0 spiro atoms. The molecule has 0 bridgehead atoms. The lowest BCUT2D eigenvalue weighted by Gasteiger charge is -2.38. The Balaban J connectivity index is 1.86. The topological polar surface area (TPSA) is 66.6 Å². The number of amides is 1. The molecule has 3 N–H and O–H groups in total. The summed E-state index contributed by atoms with van der Waals surface area (Å²) >= 11 is 0. The molecule has 1 heterocycles. The molecule has 1 fully saturated rings. The van der Waals surface area contributed by atoms with E-state index in [1.807, 2.05) is 36.1 Å². The summed E-state index contributed by atoms with van der Waals surface area (Å²) in [5, 5.41) is 8.92. The van der Waals surface area contributed by atoms with E-state index >= 15 is 0 Å². The van der Waals surface area contributed by atoms with Crippen LogP contribution in [-0.4, -0.2) is 35.6 Å². The number of nitrogen functional groups attached to an aromatic ring is 1. The quantitative estimate of drug-likeness (QED) is 0.787. The molecule has 98 valence electrons. The van der Waals surface area contributed by atoms with Gasteiger partial charge in [0.15, 0.2) is 0 Å². The smallest absolute Gasteiger partial charge is 0.223 e. The second-order valence-electron chi connectivity index (χ2n) is 5.12. The van der Waals surface area contributed by atoms with E-state index in [9.17, 15) is 4.79 Å². The lowest BCUT2D eigenvalue weighted by Crippen LogP contribution is -2.51. The molecule has 1 aliphatic rings. The number of carbonyl (C=O) groups excluding carboxylic acids is 1. The van der Waals surface area contributed by atoms with Crippen molar-refractivity contribution >= 4 is 11.6 Å². The van der Waals surface area contributed by atoms with Crippen LogP contribution in [0.3, 0.4) is 0 Å². The SMILES string of the molecule is CC(CC(=O)N1CC(CO)C1)c1ccc(N)cc1. The van der Waals surface area contributed by atoms with Crippen molar-refractivity contribution in [3.05, 3.63) is 29.8 Å². The van der Waals surface area contributed by atoms with Crippen LogP contribution in [0.15, 0.2) is 24.3 Å². The number of anilines is 1. The Morgan fingerprint density at radius 1 is 1.44 bits per heavy atom. The molecule has 18 heavy (non-hydrogen) atoms. The Kier molecular flexibility index (Phi) is 3.87. The number of rotatable bonds is 4. The first kappa shape index (κ1) is 12.9. The molecule has 1 amide bonds. The minimum absolute atomic E-state index is 0.170. The van der Waals surface area contributed by atoms with E-state index in [2.05, 4.69) is 0 Å². The van der Waals surface area contributed by atoms with Crippen molar-refractivity contribution < 1.29 is 9.90 Å². The zero-order valence-corrected chi connectivity index (χ0v) is 10.7. The molecule has 4 nitrogen and oxygen atoms in total. The lowest BCUT2D eigenvalue weighted by atomic mass is 9.94. The molecule has 0 aliphatic carbocycles. The maximum absolute atomic E-state index is 12.0. The van der Waals surface area contributed by atoms with Crippen LogP contribution in [0.1, 0.15) is 24.8 Å². The lowest BCUT2D eigenvalue weighted by molar-refractivity contribution is -0.138. The third-order valence-corrected chi connectivity index (χ3v) is 3.55. The predicted octanol–water partition coefficient (Wildman–Crippen LogP) is 1.21. The highest BCUT2D eigenvalue weighted by Gasteiger charge is 2.30. The van der Waals surface area contributed by atoms with Gasteiger partial charge in [-0.15, -0.1) is 0 Å². The molecule has 1 atom stereocenters. The maximum Gasteiger partial charge on any atom is 0.223 e. The van der Waals surface area contributed by atoms with Gasteiger partial charge in [0, 0.05) is 37.7 Å². The highest BCUT2D eigenvalue weighted by molar-refractivity contribution is 5.78. The van der Waals surface area contributed by atoms with Crippen molar-refractivity contribution in [2.75, 3.05) is 25.4 Å². The number of nitrogens with two attached hydrogens (primary N) is 1.